The molecule has 0 bridgehead atoms. The summed E-state index contributed by atoms with van der Waals surface area (Å²) in [6.07, 6.45) is -0.209. The van der Waals surface area contributed by atoms with Crippen LogP contribution in [0.2, 0.25) is 0 Å². The Balaban J connectivity index is 2.60. The van der Waals surface area contributed by atoms with Gasteiger partial charge in [0.25, 0.3) is 0 Å². The van der Waals surface area contributed by atoms with Crippen LogP contribution >= 0.6 is 0 Å². The molecule has 1 aromatic carbocycles. The van der Waals surface area contributed by atoms with Crippen LogP contribution in [0.1, 0.15) is 31.4 Å². The monoisotopic (exact) mass is 286 g/mol. The number of nitrogens with one attached hydrogen (secondary N) is 1. The number of nitrogens with two attached hydrogens (primary N) is 1. The molecule has 0 heterocycles. The molecule has 7 heteroatoms. The van der Waals surface area contributed by atoms with E-state index >= 15 is 0 Å². The molecule has 0 fully saturated rings. The van der Waals surface area contributed by atoms with Gasteiger partial charge >= 0.3 is 5.97 Å². The van der Waals surface area contributed by atoms with Crippen LogP contribution in [-0.2, 0) is 9.59 Å². The molecule has 0 aliphatic carbocycles. The van der Waals surface area contributed by atoms with E-state index in [-0.39, 0.29) is 12.8 Å². The van der Waals surface area contributed by atoms with Gasteiger partial charge in [-0.1, -0.05) is 6.07 Å². The molecule has 2 unspecified atom stereocenters. The van der Waals surface area contributed by atoms with Crippen molar-refractivity contribution >= 4 is 11.9 Å². The Hall–Kier alpha value is -2.02. The Kier molecular flexibility index (Phi) is 5.57. The van der Waals surface area contributed by atoms with Crippen molar-refractivity contribution in [1.29, 1.82) is 0 Å². The normalized spacial score (nSPS) is 13.6. The van der Waals surface area contributed by atoms with E-state index in [0.29, 0.717) is 5.56 Å². The molecule has 2 atom stereocenters. The number of amides is 1. The standard InChI is InChI=1S/C13H16F2N2O3/c1-7(8-2-3-9(14)10(15)6-8)17-13(20)11(16)4-5-12(18)19/h2-3,6-7,11H,4-5,16H2,1H3,(H,17,20)(H,18,19). The molecule has 20 heavy (non-hydrogen) atoms. The van der Waals surface area contributed by atoms with Crippen molar-refractivity contribution in [3.63, 3.8) is 0 Å². The van der Waals surface area contributed by atoms with Gasteiger partial charge in [-0.3, -0.25) is 9.59 Å². The number of benzene rings is 1. The van der Waals surface area contributed by atoms with Crippen LogP contribution in [0, 0.1) is 11.6 Å². The van der Waals surface area contributed by atoms with Gasteiger partial charge in [0.1, 0.15) is 0 Å². The summed E-state index contributed by atoms with van der Waals surface area (Å²) in [5, 5.41) is 11.0. The summed E-state index contributed by atoms with van der Waals surface area (Å²) in [7, 11) is 0. The zero-order chi connectivity index (χ0) is 15.3. The average molecular weight is 286 g/mol. The molecule has 1 rings (SSSR count). The third-order valence-electron chi connectivity index (χ3n) is 2.81. The first-order chi connectivity index (χ1) is 9.31. The number of hydrogen-bond acceptors (Lipinski definition) is 3. The molecular weight excluding hydrogens is 270 g/mol. The van der Waals surface area contributed by atoms with Crippen molar-refractivity contribution in [3.8, 4) is 0 Å². The number of carbonyl (C=O) groups is 2. The third kappa shape index (κ3) is 4.58. The maximum atomic E-state index is 13.1. The molecular formula is C13H16F2N2O3. The quantitative estimate of drug-likeness (QED) is 0.735. The Bertz CT molecular complexity index is 508. The SMILES string of the molecule is CC(NC(=O)C(N)CCC(=O)O)c1ccc(F)c(F)c1. The van der Waals surface area contributed by atoms with Crippen molar-refractivity contribution in [2.75, 3.05) is 0 Å². The number of rotatable bonds is 6. The van der Waals surface area contributed by atoms with Crippen LogP contribution in [-0.4, -0.2) is 23.0 Å². The molecule has 0 aromatic heterocycles. The van der Waals surface area contributed by atoms with Crippen molar-refractivity contribution in [2.24, 2.45) is 5.73 Å². The fourth-order valence-corrected chi connectivity index (χ4v) is 1.60. The lowest BCUT2D eigenvalue weighted by Gasteiger charge is -2.17. The van der Waals surface area contributed by atoms with Gasteiger partial charge in [-0.25, -0.2) is 8.78 Å². The predicted molar refractivity (Wildman–Crippen MR) is 67.8 cm³/mol. The van der Waals surface area contributed by atoms with E-state index in [1.165, 1.54) is 6.07 Å². The average Bonchev–Trinajstić information content (AvgIpc) is 2.38. The maximum absolute atomic E-state index is 13.1. The van der Waals surface area contributed by atoms with Gasteiger partial charge in [-0.2, -0.15) is 0 Å². The van der Waals surface area contributed by atoms with Crippen LogP contribution in [0.3, 0.4) is 0 Å². The van der Waals surface area contributed by atoms with E-state index < -0.39 is 35.6 Å². The highest BCUT2D eigenvalue weighted by atomic mass is 19.2. The number of aliphatic carboxylic acids is 1. The highest BCUT2D eigenvalue weighted by Crippen LogP contribution is 2.16. The molecule has 1 aromatic rings. The Labute approximate surface area is 114 Å². The second-order valence-electron chi connectivity index (χ2n) is 4.44. The minimum absolute atomic E-state index is 0.00562. The Morgan fingerprint density at radius 3 is 2.55 bits per heavy atom. The van der Waals surface area contributed by atoms with Crippen molar-refractivity contribution in [2.45, 2.75) is 31.8 Å². The number of hydrogen-bond donors (Lipinski definition) is 3. The molecule has 5 nitrogen and oxygen atoms in total. The Morgan fingerprint density at radius 2 is 2.00 bits per heavy atom. The van der Waals surface area contributed by atoms with Gasteiger partial charge in [-0.05, 0) is 31.0 Å². The maximum Gasteiger partial charge on any atom is 0.303 e. The molecule has 0 saturated heterocycles. The first-order valence-electron chi connectivity index (χ1n) is 6.04. The second kappa shape index (κ2) is 6.95. The highest BCUT2D eigenvalue weighted by molar-refractivity contribution is 5.82. The van der Waals surface area contributed by atoms with Crippen molar-refractivity contribution in [3.05, 3.63) is 35.4 Å². The van der Waals surface area contributed by atoms with Gasteiger partial charge in [0.05, 0.1) is 12.1 Å². The third-order valence-corrected chi connectivity index (χ3v) is 2.81. The molecule has 0 aliphatic rings. The van der Waals surface area contributed by atoms with Crippen LogP contribution in [0.25, 0.3) is 0 Å². The zero-order valence-corrected chi connectivity index (χ0v) is 10.9. The largest absolute Gasteiger partial charge is 0.481 e. The zero-order valence-electron chi connectivity index (χ0n) is 10.9. The number of halogens is 2. The first kappa shape index (κ1) is 16.0. The minimum Gasteiger partial charge on any atom is -0.481 e. The van der Waals surface area contributed by atoms with E-state index in [4.69, 9.17) is 10.8 Å². The smallest absolute Gasteiger partial charge is 0.303 e. The topological polar surface area (TPSA) is 92.4 Å². The summed E-state index contributed by atoms with van der Waals surface area (Å²) >= 11 is 0. The van der Waals surface area contributed by atoms with E-state index in [0.717, 1.165) is 12.1 Å². The fraction of sp³-hybridized carbons (Fsp3) is 0.385. The number of carboxylic acid groups (broad SMARTS) is 1. The first-order valence-corrected chi connectivity index (χ1v) is 6.04. The summed E-state index contributed by atoms with van der Waals surface area (Å²) in [4.78, 5) is 22.1. The summed E-state index contributed by atoms with van der Waals surface area (Å²) in [5.41, 5.74) is 5.93. The lowest BCUT2D eigenvalue weighted by molar-refractivity contribution is -0.137. The van der Waals surface area contributed by atoms with E-state index in [1.807, 2.05) is 0 Å². The lowest BCUT2D eigenvalue weighted by Crippen LogP contribution is -2.41. The lowest BCUT2D eigenvalue weighted by atomic mass is 10.1. The van der Waals surface area contributed by atoms with Crippen LogP contribution in [0.15, 0.2) is 18.2 Å². The summed E-state index contributed by atoms with van der Waals surface area (Å²) < 4.78 is 25.9. The fourth-order valence-electron chi connectivity index (χ4n) is 1.60. The molecule has 110 valence electrons. The van der Waals surface area contributed by atoms with Crippen LogP contribution in [0.4, 0.5) is 8.78 Å². The van der Waals surface area contributed by atoms with Crippen molar-refractivity contribution < 1.29 is 23.5 Å². The summed E-state index contributed by atoms with van der Waals surface area (Å²) in [6.45, 7) is 1.59. The molecule has 0 saturated carbocycles. The Morgan fingerprint density at radius 1 is 1.35 bits per heavy atom. The molecule has 0 spiro atoms. The van der Waals surface area contributed by atoms with E-state index in [2.05, 4.69) is 5.32 Å². The van der Waals surface area contributed by atoms with E-state index in [1.54, 1.807) is 6.92 Å². The molecule has 0 radical (unpaired) electrons. The van der Waals surface area contributed by atoms with Crippen molar-refractivity contribution in [1.82, 2.24) is 5.32 Å². The van der Waals surface area contributed by atoms with Gasteiger partial charge in [0.2, 0.25) is 5.91 Å². The van der Waals surface area contributed by atoms with Gasteiger partial charge in [0.15, 0.2) is 11.6 Å². The summed E-state index contributed by atoms with van der Waals surface area (Å²) in [5.74, 6) is -3.55. The van der Waals surface area contributed by atoms with Gasteiger partial charge < -0.3 is 16.2 Å². The molecule has 1 amide bonds. The van der Waals surface area contributed by atoms with E-state index in [9.17, 15) is 18.4 Å². The number of carbonyl (C=O) groups excluding carboxylic acids is 1. The van der Waals surface area contributed by atoms with Crippen LogP contribution in [0.5, 0.6) is 0 Å². The highest BCUT2D eigenvalue weighted by Gasteiger charge is 2.18. The summed E-state index contributed by atoms with van der Waals surface area (Å²) in [6, 6.07) is 1.79. The van der Waals surface area contributed by atoms with Crippen LogP contribution < -0.4 is 11.1 Å². The molecule has 0 aliphatic heterocycles. The molecule has 4 N–H and O–H groups in total. The predicted octanol–water partition coefficient (Wildman–Crippen LogP) is 1.33. The number of carboxylic acids is 1. The van der Waals surface area contributed by atoms with Gasteiger partial charge in [-0.15, -0.1) is 0 Å². The van der Waals surface area contributed by atoms with Gasteiger partial charge in [0, 0.05) is 6.42 Å². The minimum atomic E-state index is -1.04. The second-order valence-corrected chi connectivity index (χ2v) is 4.44.